The Morgan fingerprint density at radius 2 is 1.80 bits per heavy atom. The monoisotopic (exact) mass is 409 g/mol. The van der Waals surface area contributed by atoms with E-state index in [1.807, 2.05) is 37.8 Å². The normalized spacial score (nSPS) is 14.9. The number of nitrogens with zero attached hydrogens (tertiary/aromatic N) is 2. The summed E-state index contributed by atoms with van der Waals surface area (Å²) in [6.07, 6.45) is 1.35. The zero-order chi connectivity index (χ0) is 18.4. The number of anilines is 1. The van der Waals surface area contributed by atoms with Crippen LogP contribution in [0.25, 0.3) is 0 Å². The van der Waals surface area contributed by atoms with Crippen LogP contribution in [0.2, 0.25) is 0 Å². The number of benzene rings is 1. The van der Waals surface area contributed by atoms with Crippen LogP contribution in [0.1, 0.15) is 33.6 Å². The van der Waals surface area contributed by atoms with Crippen LogP contribution in [0.4, 0.5) is 5.69 Å². The van der Waals surface area contributed by atoms with E-state index in [4.69, 9.17) is 4.84 Å². The van der Waals surface area contributed by atoms with Crippen LogP contribution in [-0.2, 0) is 14.4 Å². The van der Waals surface area contributed by atoms with Gasteiger partial charge < -0.3 is 15.1 Å². The maximum absolute atomic E-state index is 12.2. The number of nitrogens with one attached hydrogen (secondary N) is 1. The molecule has 0 radical (unpaired) electrons. The van der Waals surface area contributed by atoms with Gasteiger partial charge in [-0.25, -0.2) is 0 Å². The average Bonchev–Trinajstić information content (AvgIpc) is 2.56. The van der Waals surface area contributed by atoms with Gasteiger partial charge in [0.05, 0.1) is 5.71 Å². The molecule has 1 aromatic carbocycles. The number of halogens is 1. The van der Waals surface area contributed by atoms with Gasteiger partial charge in [0, 0.05) is 41.5 Å². The van der Waals surface area contributed by atoms with Crippen molar-refractivity contribution in [2.75, 3.05) is 25.0 Å². The predicted octanol–water partition coefficient (Wildman–Crippen LogP) is 3.43. The molecule has 0 bridgehead atoms. The number of rotatable bonds is 4. The van der Waals surface area contributed by atoms with Gasteiger partial charge in [-0.3, -0.25) is 9.59 Å². The molecule has 0 aliphatic carbocycles. The Labute approximate surface area is 156 Å². The van der Waals surface area contributed by atoms with Crippen LogP contribution in [-0.4, -0.2) is 42.1 Å². The number of amides is 2. The van der Waals surface area contributed by atoms with E-state index in [2.05, 4.69) is 26.4 Å². The van der Waals surface area contributed by atoms with E-state index >= 15 is 0 Å². The molecule has 1 aromatic rings. The van der Waals surface area contributed by atoms with E-state index in [1.54, 1.807) is 12.1 Å². The first-order chi connectivity index (χ1) is 11.8. The fraction of sp³-hybridized carbons (Fsp3) is 0.500. The molecule has 1 heterocycles. The lowest BCUT2D eigenvalue weighted by molar-refractivity contribution is -0.139. The molecule has 0 saturated carbocycles. The van der Waals surface area contributed by atoms with Gasteiger partial charge >= 0.3 is 0 Å². The largest absolute Gasteiger partial charge is 0.386 e. The zero-order valence-electron chi connectivity index (χ0n) is 14.8. The van der Waals surface area contributed by atoms with Crippen molar-refractivity contribution < 1.29 is 14.4 Å². The second kappa shape index (κ2) is 8.47. The zero-order valence-corrected chi connectivity index (χ0v) is 16.4. The van der Waals surface area contributed by atoms with Crippen molar-refractivity contribution in [1.82, 2.24) is 4.90 Å². The Morgan fingerprint density at radius 1 is 1.20 bits per heavy atom. The minimum atomic E-state index is -0.365. The van der Waals surface area contributed by atoms with Crippen molar-refractivity contribution in [3.63, 3.8) is 0 Å². The van der Waals surface area contributed by atoms with Gasteiger partial charge in [-0.2, -0.15) is 0 Å². The number of carbonyl (C=O) groups is 2. The first kappa shape index (κ1) is 19.4. The number of hydrogen-bond donors (Lipinski definition) is 1. The smallest absolute Gasteiger partial charge is 0.265 e. The van der Waals surface area contributed by atoms with Crippen molar-refractivity contribution in [3.05, 3.63) is 28.7 Å². The maximum atomic E-state index is 12.2. The number of hydrogen-bond acceptors (Lipinski definition) is 4. The van der Waals surface area contributed by atoms with Gasteiger partial charge in [0.2, 0.25) is 5.91 Å². The van der Waals surface area contributed by atoms with Crippen molar-refractivity contribution in [2.45, 2.75) is 33.6 Å². The molecule has 2 rings (SSSR count). The molecule has 2 amide bonds. The van der Waals surface area contributed by atoms with Gasteiger partial charge in [0.1, 0.15) is 0 Å². The van der Waals surface area contributed by atoms with E-state index in [1.165, 1.54) is 0 Å². The van der Waals surface area contributed by atoms with E-state index in [0.717, 1.165) is 10.2 Å². The quantitative estimate of drug-likeness (QED) is 0.774. The fourth-order valence-corrected chi connectivity index (χ4v) is 2.71. The first-order valence-corrected chi connectivity index (χ1v) is 9.07. The summed E-state index contributed by atoms with van der Waals surface area (Å²) < 4.78 is 0.949. The van der Waals surface area contributed by atoms with E-state index < -0.39 is 0 Å². The summed E-state index contributed by atoms with van der Waals surface area (Å²) in [5.74, 6) is -0.103. The first-order valence-electron chi connectivity index (χ1n) is 8.28. The maximum Gasteiger partial charge on any atom is 0.265 e. The number of oxime groups is 1. The second-order valence-electron chi connectivity index (χ2n) is 7.03. The average molecular weight is 410 g/mol. The van der Waals surface area contributed by atoms with Crippen molar-refractivity contribution >= 4 is 39.1 Å². The van der Waals surface area contributed by atoms with Crippen molar-refractivity contribution in [2.24, 2.45) is 10.6 Å². The molecule has 0 unspecified atom stereocenters. The number of piperidine rings is 1. The standard InChI is InChI=1S/C18H24BrN3O3/c1-18(2,3)17(24)22-10-8-15(9-11-22)21-25-12-16(23)20-14-6-4-13(19)5-7-14/h4-7H,8-12H2,1-3H3,(H,20,23). The Bertz CT molecular complexity index is 641. The molecule has 7 heteroatoms. The van der Waals surface area contributed by atoms with Crippen LogP contribution in [0.15, 0.2) is 33.9 Å². The van der Waals surface area contributed by atoms with Crippen LogP contribution in [0, 0.1) is 5.41 Å². The Balaban J connectivity index is 1.73. The lowest BCUT2D eigenvalue weighted by Crippen LogP contribution is -2.44. The molecular formula is C18H24BrN3O3. The van der Waals surface area contributed by atoms with Gasteiger partial charge in [-0.05, 0) is 24.3 Å². The summed E-state index contributed by atoms with van der Waals surface area (Å²) in [5, 5.41) is 6.78. The second-order valence-corrected chi connectivity index (χ2v) is 7.94. The molecule has 1 N–H and O–H groups in total. The minimum Gasteiger partial charge on any atom is -0.386 e. The van der Waals surface area contributed by atoms with E-state index in [0.29, 0.717) is 31.6 Å². The van der Waals surface area contributed by atoms with Crippen LogP contribution >= 0.6 is 15.9 Å². The van der Waals surface area contributed by atoms with Crippen LogP contribution in [0.3, 0.4) is 0 Å². The lowest BCUT2D eigenvalue weighted by Gasteiger charge is -2.32. The predicted molar refractivity (Wildman–Crippen MR) is 101 cm³/mol. The van der Waals surface area contributed by atoms with Crippen LogP contribution in [0.5, 0.6) is 0 Å². The van der Waals surface area contributed by atoms with Crippen molar-refractivity contribution in [3.8, 4) is 0 Å². The fourth-order valence-electron chi connectivity index (χ4n) is 2.45. The number of likely N-dealkylation sites (tertiary alicyclic amines) is 1. The van der Waals surface area contributed by atoms with Gasteiger partial charge in [-0.15, -0.1) is 0 Å². The van der Waals surface area contributed by atoms with E-state index in [9.17, 15) is 9.59 Å². The van der Waals surface area contributed by atoms with E-state index in [-0.39, 0.29) is 23.8 Å². The third-order valence-corrected chi connectivity index (χ3v) is 4.32. The third-order valence-electron chi connectivity index (χ3n) is 3.79. The highest BCUT2D eigenvalue weighted by molar-refractivity contribution is 9.10. The van der Waals surface area contributed by atoms with Gasteiger partial charge in [0.25, 0.3) is 5.91 Å². The third kappa shape index (κ3) is 6.16. The highest BCUT2D eigenvalue weighted by Gasteiger charge is 2.29. The Hall–Kier alpha value is -1.89. The Kier molecular flexibility index (Phi) is 6.58. The van der Waals surface area contributed by atoms with Gasteiger partial charge in [0.15, 0.2) is 6.61 Å². The lowest BCUT2D eigenvalue weighted by atomic mass is 9.93. The summed E-state index contributed by atoms with van der Waals surface area (Å²) >= 11 is 3.34. The van der Waals surface area contributed by atoms with Crippen LogP contribution < -0.4 is 5.32 Å². The summed E-state index contributed by atoms with van der Waals surface area (Å²) in [4.78, 5) is 31.1. The molecule has 1 aliphatic rings. The summed E-state index contributed by atoms with van der Waals surface area (Å²) in [6, 6.07) is 7.30. The molecule has 0 aromatic heterocycles. The summed E-state index contributed by atoms with van der Waals surface area (Å²) in [6.45, 7) is 6.92. The highest BCUT2D eigenvalue weighted by atomic mass is 79.9. The highest BCUT2D eigenvalue weighted by Crippen LogP contribution is 2.20. The molecule has 1 aliphatic heterocycles. The van der Waals surface area contributed by atoms with Gasteiger partial charge in [-0.1, -0.05) is 41.9 Å². The Morgan fingerprint density at radius 3 is 2.36 bits per heavy atom. The molecule has 1 saturated heterocycles. The minimum absolute atomic E-state index is 0.135. The molecule has 6 nitrogen and oxygen atoms in total. The van der Waals surface area contributed by atoms with Crippen molar-refractivity contribution in [1.29, 1.82) is 0 Å². The SMILES string of the molecule is CC(C)(C)C(=O)N1CCC(=NOCC(=O)Nc2ccc(Br)cc2)CC1. The molecule has 25 heavy (non-hydrogen) atoms. The summed E-state index contributed by atoms with van der Waals surface area (Å²) in [5.41, 5.74) is 1.23. The molecule has 0 spiro atoms. The molecule has 0 atom stereocenters. The summed E-state index contributed by atoms with van der Waals surface area (Å²) in [7, 11) is 0. The molecular weight excluding hydrogens is 386 g/mol. The molecule has 136 valence electrons. The molecule has 1 fully saturated rings. The number of carbonyl (C=O) groups excluding carboxylic acids is 2. The topological polar surface area (TPSA) is 71.0 Å².